The Morgan fingerprint density at radius 1 is 1.14 bits per heavy atom. The third-order valence-electron chi connectivity index (χ3n) is 3.63. The van der Waals surface area contributed by atoms with Crippen molar-refractivity contribution in [2.45, 2.75) is 32.4 Å². The number of phenolic OH excluding ortho intramolecular Hbond substituents is 1. The predicted molar refractivity (Wildman–Crippen MR) is 86.1 cm³/mol. The second-order valence-corrected chi connectivity index (χ2v) is 5.49. The molecule has 116 valence electrons. The smallest absolute Gasteiger partial charge is 0.335 e. The van der Waals surface area contributed by atoms with Gasteiger partial charge in [-0.25, -0.2) is 4.79 Å². The number of phenols is 1. The molecule has 0 fully saturated rings. The number of carbonyl (C=O) groups is 1. The van der Waals surface area contributed by atoms with E-state index in [1.807, 2.05) is 18.2 Å². The monoisotopic (exact) mass is 299 g/mol. The molecule has 2 aromatic rings. The first-order valence-corrected chi connectivity index (χ1v) is 7.38. The van der Waals surface area contributed by atoms with Gasteiger partial charge in [0.15, 0.2) is 0 Å². The Hall–Kier alpha value is -2.33. The van der Waals surface area contributed by atoms with Crippen molar-refractivity contribution in [3.8, 4) is 5.75 Å². The van der Waals surface area contributed by atoms with E-state index >= 15 is 0 Å². The average molecular weight is 299 g/mol. The minimum Gasteiger partial charge on any atom is -0.508 e. The molecule has 22 heavy (non-hydrogen) atoms. The molecule has 0 aromatic heterocycles. The maximum atomic E-state index is 10.9. The minimum absolute atomic E-state index is 0.285. The van der Waals surface area contributed by atoms with Crippen LogP contribution in [0.1, 0.15) is 34.8 Å². The van der Waals surface area contributed by atoms with Gasteiger partial charge in [0, 0.05) is 12.6 Å². The largest absolute Gasteiger partial charge is 0.508 e. The Morgan fingerprint density at radius 2 is 1.86 bits per heavy atom. The first kappa shape index (κ1) is 16.0. The highest BCUT2D eigenvalue weighted by Crippen LogP contribution is 2.12. The predicted octanol–water partition coefficient (Wildman–Crippen LogP) is 3.20. The second-order valence-electron chi connectivity index (χ2n) is 5.49. The van der Waals surface area contributed by atoms with E-state index < -0.39 is 5.97 Å². The van der Waals surface area contributed by atoms with E-state index in [-0.39, 0.29) is 5.75 Å². The molecule has 4 nitrogen and oxygen atoms in total. The number of carboxylic acid groups (broad SMARTS) is 1. The van der Waals surface area contributed by atoms with Crippen LogP contribution in [0.25, 0.3) is 0 Å². The van der Waals surface area contributed by atoms with E-state index in [0.29, 0.717) is 18.2 Å². The standard InChI is InChI=1S/C18H21NO3/c1-13(5-6-14-7-9-17(20)10-8-14)19-12-15-3-2-4-16(11-15)18(21)22/h2-4,7-11,13,19-20H,5-6,12H2,1H3,(H,21,22). The zero-order chi connectivity index (χ0) is 15.9. The molecule has 1 unspecified atom stereocenters. The summed E-state index contributed by atoms with van der Waals surface area (Å²) in [5, 5.41) is 21.6. The molecule has 0 amide bonds. The fraction of sp³-hybridized carbons (Fsp3) is 0.278. The molecule has 2 aromatic carbocycles. The highest BCUT2D eigenvalue weighted by atomic mass is 16.4. The molecule has 0 saturated carbocycles. The SMILES string of the molecule is CC(CCc1ccc(O)cc1)NCc1cccc(C(=O)O)c1. The molecule has 0 radical (unpaired) electrons. The second kappa shape index (κ2) is 7.61. The number of aromatic hydroxyl groups is 1. The van der Waals surface area contributed by atoms with Crippen molar-refractivity contribution in [1.82, 2.24) is 5.32 Å². The minimum atomic E-state index is -0.901. The molecule has 0 aliphatic heterocycles. The van der Waals surface area contributed by atoms with E-state index in [2.05, 4.69) is 12.2 Å². The van der Waals surface area contributed by atoms with Gasteiger partial charge >= 0.3 is 5.97 Å². The van der Waals surface area contributed by atoms with Crippen molar-refractivity contribution in [2.24, 2.45) is 0 Å². The summed E-state index contributed by atoms with van der Waals surface area (Å²) in [7, 11) is 0. The van der Waals surface area contributed by atoms with Crippen LogP contribution < -0.4 is 5.32 Å². The van der Waals surface area contributed by atoms with Crippen LogP contribution in [-0.2, 0) is 13.0 Å². The summed E-state index contributed by atoms with van der Waals surface area (Å²) in [5.41, 5.74) is 2.48. The number of hydrogen-bond acceptors (Lipinski definition) is 3. The number of rotatable bonds is 7. The average Bonchev–Trinajstić information content (AvgIpc) is 2.52. The third-order valence-corrected chi connectivity index (χ3v) is 3.63. The Balaban J connectivity index is 1.80. The molecule has 2 rings (SSSR count). The molecule has 0 aliphatic carbocycles. The van der Waals surface area contributed by atoms with Crippen LogP contribution in [0.5, 0.6) is 5.75 Å². The third kappa shape index (κ3) is 4.90. The summed E-state index contributed by atoms with van der Waals surface area (Å²) < 4.78 is 0. The summed E-state index contributed by atoms with van der Waals surface area (Å²) in [6, 6.07) is 14.6. The molecule has 1 atom stereocenters. The van der Waals surface area contributed by atoms with Crippen molar-refractivity contribution in [3.05, 3.63) is 65.2 Å². The number of aryl methyl sites for hydroxylation is 1. The van der Waals surface area contributed by atoms with Gasteiger partial charge in [0.2, 0.25) is 0 Å². The Labute approximate surface area is 130 Å². The van der Waals surface area contributed by atoms with Crippen molar-refractivity contribution in [3.63, 3.8) is 0 Å². The normalized spacial score (nSPS) is 12.0. The van der Waals surface area contributed by atoms with Gasteiger partial charge in [0.1, 0.15) is 5.75 Å². The molecular weight excluding hydrogens is 278 g/mol. The number of nitrogens with one attached hydrogen (secondary N) is 1. The van der Waals surface area contributed by atoms with Gasteiger partial charge in [-0.1, -0.05) is 24.3 Å². The molecule has 3 N–H and O–H groups in total. The first-order valence-electron chi connectivity index (χ1n) is 7.38. The summed E-state index contributed by atoms with van der Waals surface area (Å²) in [6.07, 6.45) is 1.91. The van der Waals surface area contributed by atoms with Crippen molar-refractivity contribution in [2.75, 3.05) is 0 Å². The number of benzene rings is 2. The molecule has 0 aliphatic rings. The maximum Gasteiger partial charge on any atom is 0.335 e. The van der Waals surface area contributed by atoms with Gasteiger partial charge in [-0.3, -0.25) is 0 Å². The van der Waals surface area contributed by atoms with Crippen LogP contribution in [-0.4, -0.2) is 22.2 Å². The Kier molecular flexibility index (Phi) is 5.55. The molecule has 0 heterocycles. The van der Waals surface area contributed by atoms with Crippen LogP contribution in [0, 0.1) is 0 Å². The van der Waals surface area contributed by atoms with Gasteiger partial charge in [0.05, 0.1) is 5.56 Å². The fourth-order valence-electron chi connectivity index (χ4n) is 2.25. The zero-order valence-corrected chi connectivity index (χ0v) is 12.6. The highest BCUT2D eigenvalue weighted by Gasteiger charge is 2.05. The molecule has 0 bridgehead atoms. The van der Waals surface area contributed by atoms with Gasteiger partial charge in [0.25, 0.3) is 0 Å². The Bertz CT molecular complexity index is 622. The first-order chi connectivity index (χ1) is 10.5. The zero-order valence-electron chi connectivity index (χ0n) is 12.6. The van der Waals surface area contributed by atoms with Crippen LogP contribution in [0.3, 0.4) is 0 Å². The van der Waals surface area contributed by atoms with Crippen LogP contribution >= 0.6 is 0 Å². The molecule has 4 heteroatoms. The van der Waals surface area contributed by atoms with E-state index in [9.17, 15) is 9.90 Å². The maximum absolute atomic E-state index is 10.9. The molecule has 0 spiro atoms. The molecular formula is C18H21NO3. The molecule has 0 saturated heterocycles. The lowest BCUT2D eigenvalue weighted by Crippen LogP contribution is -2.26. The summed E-state index contributed by atoms with van der Waals surface area (Å²) in [6.45, 7) is 2.76. The van der Waals surface area contributed by atoms with Crippen LogP contribution in [0.4, 0.5) is 0 Å². The van der Waals surface area contributed by atoms with E-state index in [4.69, 9.17) is 5.11 Å². The number of hydrogen-bond donors (Lipinski definition) is 3. The van der Waals surface area contributed by atoms with Crippen molar-refractivity contribution >= 4 is 5.97 Å². The van der Waals surface area contributed by atoms with Crippen molar-refractivity contribution < 1.29 is 15.0 Å². The van der Waals surface area contributed by atoms with Crippen LogP contribution in [0.15, 0.2) is 48.5 Å². The summed E-state index contributed by atoms with van der Waals surface area (Å²) in [5.74, 6) is -0.615. The van der Waals surface area contributed by atoms with Gasteiger partial charge in [-0.05, 0) is 55.2 Å². The summed E-state index contributed by atoms with van der Waals surface area (Å²) in [4.78, 5) is 10.9. The van der Waals surface area contributed by atoms with Gasteiger partial charge in [-0.2, -0.15) is 0 Å². The lowest BCUT2D eigenvalue weighted by atomic mass is 10.1. The van der Waals surface area contributed by atoms with Crippen molar-refractivity contribution in [1.29, 1.82) is 0 Å². The Morgan fingerprint density at radius 3 is 2.55 bits per heavy atom. The van der Waals surface area contributed by atoms with E-state index in [0.717, 1.165) is 18.4 Å². The van der Waals surface area contributed by atoms with E-state index in [1.165, 1.54) is 5.56 Å². The van der Waals surface area contributed by atoms with E-state index in [1.54, 1.807) is 30.3 Å². The quantitative estimate of drug-likeness (QED) is 0.734. The lowest BCUT2D eigenvalue weighted by molar-refractivity contribution is 0.0696. The summed E-state index contributed by atoms with van der Waals surface area (Å²) >= 11 is 0. The topological polar surface area (TPSA) is 69.6 Å². The van der Waals surface area contributed by atoms with Gasteiger partial charge in [-0.15, -0.1) is 0 Å². The van der Waals surface area contributed by atoms with Crippen LogP contribution in [0.2, 0.25) is 0 Å². The lowest BCUT2D eigenvalue weighted by Gasteiger charge is -2.14. The number of carboxylic acids is 1. The number of aromatic carboxylic acids is 1. The van der Waals surface area contributed by atoms with Gasteiger partial charge < -0.3 is 15.5 Å². The fourth-order valence-corrected chi connectivity index (χ4v) is 2.25. The highest BCUT2D eigenvalue weighted by molar-refractivity contribution is 5.87.